The van der Waals surface area contributed by atoms with Crippen molar-refractivity contribution in [3.63, 3.8) is 0 Å². The Balaban J connectivity index is 1.79. The molecule has 152 valence electrons. The lowest BCUT2D eigenvalue weighted by molar-refractivity contribution is 0.0632. The van der Waals surface area contributed by atoms with Crippen LogP contribution in [-0.2, 0) is 17.9 Å². The standard InChI is InChI=1S/C20H26N8O/c1-13(2)29-12-16-9-24-18-5-4-14(11-28(16)18)7-26-20-19(22)25-10-17(27-20)15(6-21)8-23-3/h4-6,8-11,13,21,23H,7,12H2,1-3H3,(H2,22,25)(H,26,27)/b15-8+,21-6?. The van der Waals surface area contributed by atoms with E-state index in [1.54, 1.807) is 19.4 Å². The molecule has 0 saturated carbocycles. The zero-order chi connectivity index (χ0) is 20.8. The highest BCUT2D eigenvalue weighted by atomic mass is 16.5. The maximum atomic E-state index is 7.53. The molecule has 0 aliphatic heterocycles. The molecule has 0 bridgehead atoms. The molecule has 0 radical (unpaired) electrons. The van der Waals surface area contributed by atoms with Crippen LogP contribution in [0.5, 0.6) is 0 Å². The second kappa shape index (κ2) is 9.16. The van der Waals surface area contributed by atoms with Gasteiger partial charge in [-0.15, -0.1) is 0 Å². The second-order valence-electron chi connectivity index (χ2n) is 6.75. The predicted octanol–water partition coefficient (Wildman–Crippen LogP) is 2.45. The fourth-order valence-corrected chi connectivity index (χ4v) is 2.74. The summed E-state index contributed by atoms with van der Waals surface area (Å²) in [6, 6.07) is 3.96. The maximum absolute atomic E-state index is 7.53. The summed E-state index contributed by atoms with van der Waals surface area (Å²) in [6.07, 6.45) is 8.45. The van der Waals surface area contributed by atoms with Crippen molar-refractivity contribution in [1.29, 1.82) is 5.41 Å². The molecule has 0 unspecified atom stereocenters. The minimum absolute atomic E-state index is 0.155. The van der Waals surface area contributed by atoms with Crippen molar-refractivity contribution < 1.29 is 4.74 Å². The van der Waals surface area contributed by atoms with E-state index in [2.05, 4.69) is 25.6 Å². The summed E-state index contributed by atoms with van der Waals surface area (Å²) in [7, 11) is 1.76. The number of pyridine rings is 1. The van der Waals surface area contributed by atoms with Gasteiger partial charge in [0.15, 0.2) is 11.6 Å². The highest BCUT2D eigenvalue weighted by Gasteiger charge is 2.09. The van der Waals surface area contributed by atoms with Gasteiger partial charge in [-0.1, -0.05) is 6.07 Å². The number of imidazole rings is 1. The van der Waals surface area contributed by atoms with Gasteiger partial charge >= 0.3 is 0 Å². The average molecular weight is 394 g/mol. The molecular formula is C20H26N8O. The second-order valence-corrected chi connectivity index (χ2v) is 6.75. The van der Waals surface area contributed by atoms with Gasteiger partial charge in [-0.05, 0) is 25.5 Å². The molecule has 3 heterocycles. The molecule has 0 saturated heterocycles. The van der Waals surface area contributed by atoms with Crippen molar-refractivity contribution in [2.45, 2.75) is 33.1 Å². The zero-order valence-corrected chi connectivity index (χ0v) is 16.8. The molecular weight excluding hydrogens is 368 g/mol. The normalized spacial score (nSPS) is 11.8. The van der Waals surface area contributed by atoms with Crippen molar-refractivity contribution in [2.75, 3.05) is 18.1 Å². The number of nitrogens with two attached hydrogens (primary N) is 1. The third kappa shape index (κ3) is 4.88. The summed E-state index contributed by atoms with van der Waals surface area (Å²) in [4.78, 5) is 13.1. The number of hydrogen-bond acceptors (Lipinski definition) is 8. The number of ether oxygens (including phenoxy) is 1. The Morgan fingerprint density at radius 3 is 2.86 bits per heavy atom. The summed E-state index contributed by atoms with van der Waals surface area (Å²) in [5, 5.41) is 13.7. The monoisotopic (exact) mass is 394 g/mol. The van der Waals surface area contributed by atoms with E-state index in [0.717, 1.165) is 16.9 Å². The Morgan fingerprint density at radius 2 is 2.14 bits per heavy atom. The molecule has 29 heavy (non-hydrogen) atoms. The van der Waals surface area contributed by atoms with Crippen molar-refractivity contribution in [3.05, 3.63) is 53.9 Å². The van der Waals surface area contributed by atoms with Gasteiger partial charge in [0.25, 0.3) is 0 Å². The minimum Gasteiger partial charge on any atom is -0.393 e. The Kier molecular flexibility index (Phi) is 6.40. The van der Waals surface area contributed by atoms with E-state index in [1.165, 1.54) is 6.21 Å². The maximum Gasteiger partial charge on any atom is 0.169 e. The predicted molar refractivity (Wildman–Crippen MR) is 115 cm³/mol. The van der Waals surface area contributed by atoms with Crippen LogP contribution in [0.4, 0.5) is 11.6 Å². The fraction of sp³-hybridized carbons (Fsp3) is 0.300. The lowest BCUT2D eigenvalue weighted by atomic mass is 10.2. The van der Waals surface area contributed by atoms with E-state index in [9.17, 15) is 0 Å². The summed E-state index contributed by atoms with van der Waals surface area (Å²) in [6.45, 7) is 5.03. The number of allylic oxidation sites excluding steroid dienone is 1. The molecule has 0 atom stereocenters. The Morgan fingerprint density at radius 1 is 1.31 bits per heavy atom. The molecule has 3 aromatic heterocycles. The largest absolute Gasteiger partial charge is 0.393 e. The van der Waals surface area contributed by atoms with Gasteiger partial charge in [0.05, 0.1) is 36.5 Å². The number of nitrogen functional groups attached to an aromatic ring is 1. The molecule has 0 aliphatic rings. The minimum atomic E-state index is 0.155. The molecule has 0 fully saturated rings. The summed E-state index contributed by atoms with van der Waals surface area (Å²) in [5.41, 5.74) is 10.0. The first-order valence-corrected chi connectivity index (χ1v) is 9.33. The number of fused-ring (bicyclic) bond motifs is 1. The molecule has 3 rings (SSSR count). The third-order valence-corrected chi connectivity index (χ3v) is 4.22. The molecule has 0 aromatic carbocycles. The van der Waals surface area contributed by atoms with Gasteiger partial charge in [-0.3, -0.25) is 0 Å². The van der Waals surface area contributed by atoms with E-state index in [4.69, 9.17) is 15.9 Å². The number of anilines is 2. The van der Waals surface area contributed by atoms with Crippen molar-refractivity contribution in [1.82, 2.24) is 24.7 Å². The van der Waals surface area contributed by atoms with Crippen molar-refractivity contribution >= 4 is 29.1 Å². The van der Waals surface area contributed by atoms with Gasteiger partial charge in [0, 0.05) is 37.8 Å². The highest BCUT2D eigenvalue weighted by Crippen LogP contribution is 2.18. The van der Waals surface area contributed by atoms with Gasteiger partial charge < -0.3 is 30.9 Å². The van der Waals surface area contributed by atoms with E-state index in [0.29, 0.717) is 36.1 Å². The van der Waals surface area contributed by atoms with Crippen molar-refractivity contribution in [3.8, 4) is 0 Å². The van der Waals surface area contributed by atoms with Crippen LogP contribution in [0.25, 0.3) is 11.2 Å². The summed E-state index contributed by atoms with van der Waals surface area (Å²) < 4.78 is 7.73. The number of nitrogens with zero attached hydrogens (tertiary/aromatic N) is 4. The van der Waals surface area contributed by atoms with Gasteiger partial charge in [-0.25, -0.2) is 15.0 Å². The first-order valence-electron chi connectivity index (χ1n) is 9.33. The Labute approximate surface area is 169 Å². The van der Waals surface area contributed by atoms with Crippen LogP contribution < -0.4 is 16.4 Å². The molecule has 3 aromatic rings. The van der Waals surface area contributed by atoms with Gasteiger partial charge in [0.1, 0.15) is 5.65 Å². The number of hydrogen-bond donors (Lipinski definition) is 4. The van der Waals surface area contributed by atoms with Gasteiger partial charge in [0.2, 0.25) is 0 Å². The van der Waals surface area contributed by atoms with Crippen LogP contribution in [0.2, 0.25) is 0 Å². The summed E-state index contributed by atoms with van der Waals surface area (Å²) >= 11 is 0. The Bertz CT molecular complexity index is 1020. The number of rotatable bonds is 9. The third-order valence-electron chi connectivity index (χ3n) is 4.22. The molecule has 0 amide bonds. The molecule has 5 N–H and O–H groups in total. The zero-order valence-electron chi connectivity index (χ0n) is 16.8. The summed E-state index contributed by atoms with van der Waals surface area (Å²) in [5.74, 6) is 0.776. The lowest BCUT2D eigenvalue weighted by Gasteiger charge is -2.11. The Hall–Kier alpha value is -3.46. The van der Waals surface area contributed by atoms with Crippen LogP contribution in [0.15, 0.2) is 36.9 Å². The van der Waals surface area contributed by atoms with Crippen LogP contribution >= 0.6 is 0 Å². The molecule has 9 nitrogen and oxygen atoms in total. The van der Waals surface area contributed by atoms with E-state index < -0.39 is 0 Å². The smallest absolute Gasteiger partial charge is 0.169 e. The van der Waals surface area contributed by atoms with Crippen LogP contribution in [0, 0.1) is 5.41 Å². The quantitative estimate of drug-likeness (QED) is 0.411. The number of nitrogens with one attached hydrogen (secondary N) is 3. The van der Waals surface area contributed by atoms with Crippen LogP contribution in [-0.4, -0.2) is 38.7 Å². The topological polar surface area (TPSA) is 126 Å². The van der Waals surface area contributed by atoms with Crippen LogP contribution in [0.3, 0.4) is 0 Å². The average Bonchev–Trinajstić information content (AvgIpc) is 3.12. The SMILES string of the molecule is CN/C=C(\C=N)c1cnc(N)c(NCc2ccc3ncc(COC(C)C)n3c2)n1. The van der Waals surface area contributed by atoms with Gasteiger partial charge in [-0.2, -0.15) is 0 Å². The van der Waals surface area contributed by atoms with Crippen molar-refractivity contribution in [2.24, 2.45) is 0 Å². The fourth-order valence-electron chi connectivity index (χ4n) is 2.74. The molecule has 0 aliphatic carbocycles. The molecule has 9 heteroatoms. The molecule has 0 spiro atoms. The number of aromatic nitrogens is 4. The first-order chi connectivity index (χ1) is 14.0. The lowest BCUT2D eigenvalue weighted by Crippen LogP contribution is -2.09. The van der Waals surface area contributed by atoms with E-state index in [1.807, 2.05) is 42.8 Å². The van der Waals surface area contributed by atoms with E-state index >= 15 is 0 Å². The first kappa shape index (κ1) is 20.3. The highest BCUT2D eigenvalue weighted by molar-refractivity contribution is 6.07. The van der Waals surface area contributed by atoms with E-state index in [-0.39, 0.29) is 6.10 Å². The van der Waals surface area contributed by atoms with Crippen LogP contribution in [0.1, 0.15) is 30.8 Å².